The number of carbonyl (C=O) groups excluding carboxylic acids is 1. The average molecular weight is 288 g/mol. The second kappa shape index (κ2) is 7.58. The summed E-state index contributed by atoms with van der Waals surface area (Å²) in [4.78, 5) is 11.7. The van der Waals surface area contributed by atoms with Crippen LogP contribution in [0.25, 0.3) is 0 Å². The largest absolute Gasteiger partial charge is 0.360 e. The number of thioether (sulfide) groups is 1. The Bertz CT molecular complexity index is 381. The van der Waals surface area contributed by atoms with Gasteiger partial charge in [0.15, 0.2) is 4.34 Å². The summed E-state index contributed by atoms with van der Waals surface area (Å²) >= 11 is 2.93. The molecular weight excluding hydrogens is 268 g/mol. The van der Waals surface area contributed by atoms with Gasteiger partial charge in [-0.3, -0.25) is 4.79 Å². The van der Waals surface area contributed by atoms with E-state index in [0.717, 1.165) is 22.4 Å². The lowest BCUT2D eigenvalue weighted by molar-refractivity contribution is -0.120. The van der Waals surface area contributed by atoms with E-state index < -0.39 is 0 Å². The molecule has 2 N–H and O–H groups in total. The van der Waals surface area contributed by atoms with Crippen LogP contribution < -0.4 is 10.6 Å². The van der Waals surface area contributed by atoms with Gasteiger partial charge in [-0.25, -0.2) is 0 Å². The van der Waals surface area contributed by atoms with Gasteiger partial charge in [-0.15, -0.1) is 10.2 Å². The molecule has 1 amide bonds. The molecule has 1 aromatic rings. The van der Waals surface area contributed by atoms with Crippen LogP contribution in [0.4, 0.5) is 5.13 Å². The summed E-state index contributed by atoms with van der Waals surface area (Å²) in [5, 5.41) is 14.8. The molecule has 18 heavy (non-hydrogen) atoms. The van der Waals surface area contributed by atoms with Crippen molar-refractivity contribution < 1.29 is 4.79 Å². The molecule has 1 rings (SSSR count). The molecule has 0 aliphatic heterocycles. The van der Waals surface area contributed by atoms with Crippen molar-refractivity contribution in [2.24, 2.45) is 0 Å². The molecule has 0 aromatic carbocycles. The normalized spacial score (nSPS) is 12.5. The molecule has 1 atom stereocenters. The van der Waals surface area contributed by atoms with E-state index in [2.05, 4.69) is 27.8 Å². The minimum Gasteiger partial charge on any atom is -0.360 e. The van der Waals surface area contributed by atoms with Crippen LogP contribution in [0.5, 0.6) is 0 Å². The smallest absolute Gasteiger partial charge is 0.233 e. The summed E-state index contributed by atoms with van der Waals surface area (Å²) in [6.45, 7) is 8.77. The second-order valence-electron chi connectivity index (χ2n) is 4.22. The van der Waals surface area contributed by atoms with Crippen molar-refractivity contribution in [1.29, 1.82) is 0 Å². The highest BCUT2D eigenvalue weighted by Crippen LogP contribution is 2.28. The van der Waals surface area contributed by atoms with E-state index in [1.54, 1.807) is 0 Å². The van der Waals surface area contributed by atoms with Crippen molar-refractivity contribution in [3.8, 4) is 0 Å². The fourth-order valence-electron chi connectivity index (χ4n) is 1.17. The minimum atomic E-state index is -0.153. The molecule has 0 bridgehead atoms. The molecule has 1 heterocycles. The SMILES string of the molecule is CCCNc1nnc(SC(C)C(=O)NC(C)C)s1. The molecular formula is C11H20N4OS2. The topological polar surface area (TPSA) is 66.9 Å². The van der Waals surface area contributed by atoms with Gasteiger partial charge >= 0.3 is 0 Å². The van der Waals surface area contributed by atoms with Crippen LogP contribution in [0.3, 0.4) is 0 Å². The zero-order chi connectivity index (χ0) is 13.5. The maximum absolute atomic E-state index is 11.7. The summed E-state index contributed by atoms with van der Waals surface area (Å²) in [5.74, 6) is 0.0354. The minimum absolute atomic E-state index is 0.0354. The van der Waals surface area contributed by atoms with Gasteiger partial charge in [0.1, 0.15) is 0 Å². The van der Waals surface area contributed by atoms with E-state index in [1.165, 1.54) is 23.1 Å². The van der Waals surface area contributed by atoms with E-state index in [9.17, 15) is 4.79 Å². The van der Waals surface area contributed by atoms with E-state index in [-0.39, 0.29) is 17.2 Å². The quantitative estimate of drug-likeness (QED) is 0.754. The average Bonchev–Trinajstić information content (AvgIpc) is 2.73. The number of hydrogen-bond donors (Lipinski definition) is 2. The van der Waals surface area contributed by atoms with Gasteiger partial charge in [-0.05, 0) is 27.2 Å². The Morgan fingerprint density at radius 1 is 1.39 bits per heavy atom. The van der Waals surface area contributed by atoms with Gasteiger partial charge in [-0.2, -0.15) is 0 Å². The van der Waals surface area contributed by atoms with Crippen LogP contribution in [-0.2, 0) is 4.79 Å². The highest BCUT2D eigenvalue weighted by molar-refractivity contribution is 8.02. The molecule has 0 saturated carbocycles. The molecule has 1 aromatic heterocycles. The molecule has 0 saturated heterocycles. The number of nitrogens with zero attached hydrogens (tertiary/aromatic N) is 2. The highest BCUT2D eigenvalue weighted by atomic mass is 32.2. The van der Waals surface area contributed by atoms with Crippen LogP contribution in [0, 0.1) is 0 Å². The Hall–Kier alpha value is -0.820. The van der Waals surface area contributed by atoms with Gasteiger partial charge in [0.25, 0.3) is 0 Å². The Labute approximate surface area is 116 Å². The third-order valence-electron chi connectivity index (χ3n) is 2.01. The van der Waals surface area contributed by atoms with Crippen molar-refractivity contribution >= 4 is 34.1 Å². The third kappa shape index (κ3) is 5.22. The number of rotatable bonds is 7. The first-order valence-corrected chi connectivity index (χ1v) is 7.77. The second-order valence-corrected chi connectivity index (χ2v) is 6.79. The third-order valence-corrected chi connectivity index (χ3v) is 4.08. The first kappa shape index (κ1) is 15.2. The summed E-state index contributed by atoms with van der Waals surface area (Å²) in [6.07, 6.45) is 1.05. The van der Waals surface area contributed by atoms with Gasteiger partial charge in [-0.1, -0.05) is 30.0 Å². The molecule has 7 heteroatoms. The standard InChI is InChI=1S/C11H20N4OS2/c1-5-6-12-10-14-15-11(18-10)17-8(4)9(16)13-7(2)3/h7-8H,5-6H2,1-4H3,(H,12,14)(H,13,16). The summed E-state index contributed by atoms with van der Waals surface area (Å²) in [5.41, 5.74) is 0. The molecule has 0 aliphatic carbocycles. The fraction of sp³-hybridized carbons (Fsp3) is 0.727. The summed E-state index contributed by atoms with van der Waals surface area (Å²) < 4.78 is 0.819. The number of carbonyl (C=O) groups is 1. The zero-order valence-corrected chi connectivity index (χ0v) is 12.8. The predicted molar refractivity (Wildman–Crippen MR) is 77.3 cm³/mol. The highest BCUT2D eigenvalue weighted by Gasteiger charge is 2.17. The van der Waals surface area contributed by atoms with Crippen LogP contribution >= 0.6 is 23.1 Å². The van der Waals surface area contributed by atoms with Gasteiger partial charge in [0.05, 0.1) is 5.25 Å². The van der Waals surface area contributed by atoms with Crippen molar-refractivity contribution in [3.63, 3.8) is 0 Å². The molecule has 0 spiro atoms. The zero-order valence-electron chi connectivity index (χ0n) is 11.2. The van der Waals surface area contributed by atoms with Gasteiger partial charge in [0.2, 0.25) is 11.0 Å². The molecule has 1 unspecified atom stereocenters. The summed E-state index contributed by atoms with van der Waals surface area (Å²) in [7, 11) is 0. The molecule has 5 nitrogen and oxygen atoms in total. The van der Waals surface area contributed by atoms with Crippen LogP contribution in [0.1, 0.15) is 34.1 Å². The molecule has 0 fully saturated rings. The Kier molecular flexibility index (Phi) is 6.42. The molecule has 0 aliphatic rings. The number of amides is 1. The number of hydrogen-bond acceptors (Lipinski definition) is 6. The lowest BCUT2D eigenvalue weighted by atomic mass is 10.3. The fourth-order valence-corrected chi connectivity index (χ4v) is 3.10. The van der Waals surface area contributed by atoms with Gasteiger partial charge < -0.3 is 10.6 Å². The number of anilines is 1. The number of nitrogens with one attached hydrogen (secondary N) is 2. The van der Waals surface area contributed by atoms with Crippen molar-refractivity contribution in [2.75, 3.05) is 11.9 Å². The number of aromatic nitrogens is 2. The maximum atomic E-state index is 11.7. The van der Waals surface area contributed by atoms with E-state index in [0.29, 0.717) is 0 Å². The molecule has 0 radical (unpaired) electrons. The monoisotopic (exact) mass is 288 g/mol. The van der Waals surface area contributed by atoms with Crippen LogP contribution in [0.15, 0.2) is 4.34 Å². The lowest BCUT2D eigenvalue weighted by Crippen LogP contribution is -2.35. The Morgan fingerprint density at radius 3 is 2.72 bits per heavy atom. The predicted octanol–water partition coefficient (Wildman–Crippen LogP) is 2.37. The Balaban J connectivity index is 2.46. The van der Waals surface area contributed by atoms with Crippen LogP contribution in [0.2, 0.25) is 0 Å². The van der Waals surface area contributed by atoms with Crippen molar-refractivity contribution in [3.05, 3.63) is 0 Å². The first-order chi connectivity index (χ1) is 8.52. The van der Waals surface area contributed by atoms with Crippen LogP contribution in [-0.4, -0.2) is 33.9 Å². The molecule has 102 valence electrons. The maximum Gasteiger partial charge on any atom is 0.233 e. The lowest BCUT2D eigenvalue weighted by Gasteiger charge is -2.12. The summed E-state index contributed by atoms with van der Waals surface area (Å²) in [6, 6.07) is 0.164. The van der Waals surface area contributed by atoms with E-state index in [4.69, 9.17) is 0 Å². The van der Waals surface area contributed by atoms with Crippen molar-refractivity contribution in [2.45, 2.75) is 49.7 Å². The van der Waals surface area contributed by atoms with Gasteiger partial charge in [0, 0.05) is 12.6 Å². The van der Waals surface area contributed by atoms with E-state index in [1.807, 2.05) is 20.8 Å². The van der Waals surface area contributed by atoms with E-state index >= 15 is 0 Å². The first-order valence-electron chi connectivity index (χ1n) is 6.07. The Morgan fingerprint density at radius 2 is 2.11 bits per heavy atom. The van der Waals surface area contributed by atoms with Crippen molar-refractivity contribution in [1.82, 2.24) is 15.5 Å².